The van der Waals surface area contributed by atoms with E-state index in [1.165, 1.54) is 6.07 Å². The van der Waals surface area contributed by atoms with E-state index in [1.807, 2.05) is 0 Å². The number of rotatable bonds is 4. The fraction of sp³-hybridized carbons (Fsp3) is 0.111. The number of guanidine groups is 1. The van der Waals surface area contributed by atoms with Crippen molar-refractivity contribution in [3.63, 3.8) is 0 Å². The largest absolute Gasteiger partial charge is 0.772 e. The molecule has 1 rings (SSSR count). The third-order valence-electron chi connectivity index (χ3n) is 1.64. The second-order valence-electron chi connectivity index (χ2n) is 3.08. The Hall–Kier alpha value is -1.93. The lowest BCUT2D eigenvalue weighted by atomic mass is 10.3. The Balaban J connectivity index is 2.75. The van der Waals surface area contributed by atoms with Gasteiger partial charge in [-0.15, -0.1) is 0 Å². The number of carbonyl (C=O) groups is 1. The summed E-state index contributed by atoms with van der Waals surface area (Å²) in [5.74, 6) is -1.32. The smallest absolute Gasteiger partial charge is 0.235 e. The van der Waals surface area contributed by atoms with E-state index in [-0.39, 0.29) is 5.96 Å². The fourth-order valence-electron chi connectivity index (χ4n) is 1.11. The molecule has 0 aromatic heterocycles. The van der Waals surface area contributed by atoms with Crippen LogP contribution in [0.4, 0.5) is 11.4 Å². The molecule has 92 valence electrons. The predicted octanol–water partition coefficient (Wildman–Crippen LogP) is -0.591. The zero-order valence-corrected chi connectivity index (χ0v) is 9.57. The van der Waals surface area contributed by atoms with Crippen LogP contribution in [0.25, 0.3) is 0 Å². The summed E-state index contributed by atoms with van der Waals surface area (Å²) in [6.07, 6.45) is 0. The highest BCUT2D eigenvalue weighted by Crippen LogP contribution is 2.17. The van der Waals surface area contributed by atoms with Gasteiger partial charge in [-0.2, -0.15) is 0 Å². The third-order valence-corrected chi connectivity index (χ3v) is 2.13. The summed E-state index contributed by atoms with van der Waals surface area (Å²) in [6, 6.07) is 6.38. The summed E-state index contributed by atoms with van der Waals surface area (Å²) in [5, 5.41) is 2.40. The number of anilines is 1. The highest BCUT2D eigenvalue weighted by Gasteiger charge is 2.02. The summed E-state index contributed by atoms with van der Waals surface area (Å²) in [7, 11) is 0. The molecule has 0 heterocycles. The van der Waals surface area contributed by atoms with Crippen LogP contribution in [0.1, 0.15) is 0 Å². The van der Waals surface area contributed by atoms with E-state index in [2.05, 4.69) is 10.3 Å². The number of hydrogen-bond acceptors (Lipinski definition) is 4. The second kappa shape index (κ2) is 5.97. The molecule has 1 aromatic carbocycles. The maximum atomic E-state index is 11.2. The maximum absolute atomic E-state index is 11.2. The highest BCUT2D eigenvalue weighted by molar-refractivity contribution is 7.79. The first-order chi connectivity index (χ1) is 7.97. The van der Waals surface area contributed by atoms with Crippen LogP contribution in [0.15, 0.2) is 29.3 Å². The van der Waals surface area contributed by atoms with Crippen molar-refractivity contribution in [1.82, 2.24) is 0 Å². The Labute approximate surface area is 100 Å². The third kappa shape index (κ3) is 5.09. The zero-order valence-electron chi connectivity index (χ0n) is 8.75. The molecule has 17 heavy (non-hydrogen) atoms. The molecule has 0 saturated carbocycles. The molecule has 7 nitrogen and oxygen atoms in total. The first kappa shape index (κ1) is 13.1. The Morgan fingerprint density at radius 3 is 2.76 bits per heavy atom. The Morgan fingerprint density at radius 1 is 1.47 bits per heavy atom. The van der Waals surface area contributed by atoms with Gasteiger partial charge < -0.3 is 21.3 Å². The van der Waals surface area contributed by atoms with Crippen molar-refractivity contribution in [2.24, 2.45) is 16.5 Å². The number of amides is 1. The Bertz CT molecular complexity index is 471. The summed E-state index contributed by atoms with van der Waals surface area (Å²) < 4.78 is 20.6. The number of carbonyl (C=O) groups excluding carboxylic acids is 1. The Morgan fingerprint density at radius 2 is 2.18 bits per heavy atom. The first-order valence-corrected chi connectivity index (χ1v) is 5.77. The van der Waals surface area contributed by atoms with Gasteiger partial charge in [0.15, 0.2) is 5.96 Å². The molecule has 0 aliphatic carbocycles. The molecule has 1 unspecified atom stereocenters. The molecule has 5 N–H and O–H groups in total. The van der Waals surface area contributed by atoms with Crippen LogP contribution >= 0.6 is 0 Å². The molecule has 0 aliphatic heterocycles. The van der Waals surface area contributed by atoms with Crippen molar-refractivity contribution in [1.29, 1.82) is 0 Å². The summed E-state index contributed by atoms with van der Waals surface area (Å²) in [5.41, 5.74) is 11.3. The monoisotopic (exact) mass is 255 g/mol. The molecular weight excluding hydrogens is 244 g/mol. The van der Waals surface area contributed by atoms with Crippen LogP contribution in [0.5, 0.6) is 0 Å². The molecule has 1 aromatic rings. The topological polar surface area (TPSA) is 134 Å². The minimum atomic E-state index is -2.41. The molecule has 0 saturated heterocycles. The van der Waals surface area contributed by atoms with Gasteiger partial charge in [-0.05, 0) is 29.3 Å². The van der Waals surface area contributed by atoms with E-state index < -0.39 is 22.7 Å². The average molecular weight is 255 g/mol. The minimum Gasteiger partial charge on any atom is -0.772 e. The van der Waals surface area contributed by atoms with Crippen molar-refractivity contribution in [2.45, 2.75) is 0 Å². The van der Waals surface area contributed by atoms with Crippen LogP contribution in [0.3, 0.4) is 0 Å². The van der Waals surface area contributed by atoms with Crippen molar-refractivity contribution >= 4 is 34.3 Å². The second-order valence-corrected chi connectivity index (χ2v) is 3.98. The van der Waals surface area contributed by atoms with E-state index in [4.69, 9.17) is 11.5 Å². The van der Waals surface area contributed by atoms with E-state index in [9.17, 15) is 13.6 Å². The van der Waals surface area contributed by atoms with Crippen molar-refractivity contribution < 1.29 is 13.6 Å². The van der Waals surface area contributed by atoms with Gasteiger partial charge in [0.05, 0.1) is 11.4 Å². The zero-order chi connectivity index (χ0) is 12.8. The van der Waals surface area contributed by atoms with E-state index in [0.717, 1.165) is 0 Å². The molecule has 8 heteroatoms. The minimum absolute atomic E-state index is 0.103. The fourth-order valence-corrected chi connectivity index (χ4v) is 1.39. The lowest BCUT2D eigenvalue weighted by Gasteiger charge is -2.07. The van der Waals surface area contributed by atoms with Gasteiger partial charge in [0.1, 0.15) is 0 Å². The average Bonchev–Trinajstić information content (AvgIpc) is 2.14. The molecular formula is C9H11N4O3S-. The lowest BCUT2D eigenvalue weighted by molar-refractivity contribution is -0.113. The number of nitrogens with two attached hydrogens (primary N) is 2. The van der Waals surface area contributed by atoms with Gasteiger partial charge in [0.25, 0.3) is 0 Å². The Kier molecular flexibility index (Phi) is 4.61. The van der Waals surface area contributed by atoms with Crippen molar-refractivity contribution in [2.75, 3.05) is 11.1 Å². The van der Waals surface area contributed by atoms with Gasteiger partial charge in [-0.1, -0.05) is 6.07 Å². The number of aliphatic imine (C=N–C) groups is 1. The molecule has 0 radical (unpaired) electrons. The number of hydrogen-bond donors (Lipinski definition) is 3. The standard InChI is InChI=1S/C9H12N4O3S/c10-9(11)13-7-3-1-2-6(4-7)12-8(14)5-17(15)16/h1-4H,5H2,(H,12,14)(H,15,16)(H4,10,11,13)/p-1. The molecule has 0 aliphatic rings. The number of nitrogens with one attached hydrogen (secondary N) is 1. The van der Waals surface area contributed by atoms with Gasteiger partial charge in [-0.25, -0.2) is 4.99 Å². The van der Waals surface area contributed by atoms with Gasteiger partial charge in [0.2, 0.25) is 5.91 Å². The van der Waals surface area contributed by atoms with Crippen LogP contribution < -0.4 is 16.8 Å². The van der Waals surface area contributed by atoms with Crippen LogP contribution in [-0.2, 0) is 15.9 Å². The summed E-state index contributed by atoms with van der Waals surface area (Å²) in [6.45, 7) is 0. The SMILES string of the molecule is NC(N)=Nc1cccc(NC(=O)CS(=O)[O-])c1. The quantitative estimate of drug-likeness (QED) is 0.375. The highest BCUT2D eigenvalue weighted by atomic mass is 32.2. The van der Waals surface area contributed by atoms with Gasteiger partial charge in [-0.3, -0.25) is 9.00 Å². The van der Waals surface area contributed by atoms with E-state index in [0.29, 0.717) is 11.4 Å². The molecule has 0 fully saturated rings. The number of nitrogens with zero attached hydrogens (tertiary/aromatic N) is 1. The lowest BCUT2D eigenvalue weighted by Crippen LogP contribution is -2.22. The van der Waals surface area contributed by atoms with Crippen LogP contribution in [0.2, 0.25) is 0 Å². The van der Waals surface area contributed by atoms with E-state index >= 15 is 0 Å². The van der Waals surface area contributed by atoms with Crippen molar-refractivity contribution in [3.05, 3.63) is 24.3 Å². The molecule has 0 bridgehead atoms. The predicted molar refractivity (Wildman–Crippen MR) is 64.3 cm³/mol. The molecule has 1 amide bonds. The van der Waals surface area contributed by atoms with Crippen LogP contribution in [0, 0.1) is 0 Å². The van der Waals surface area contributed by atoms with Gasteiger partial charge >= 0.3 is 0 Å². The van der Waals surface area contributed by atoms with Crippen molar-refractivity contribution in [3.8, 4) is 0 Å². The summed E-state index contributed by atoms with van der Waals surface area (Å²) >= 11 is -2.41. The maximum Gasteiger partial charge on any atom is 0.235 e. The molecule has 0 spiro atoms. The van der Waals surface area contributed by atoms with Crippen LogP contribution in [-0.4, -0.2) is 26.4 Å². The summed E-state index contributed by atoms with van der Waals surface area (Å²) in [4.78, 5) is 15.0. The molecule has 1 atom stereocenters. The first-order valence-electron chi connectivity index (χ1n) is 4.53. The normalized spacial score (nSPS) is 11.6. The number of benzene rings is 1. The van der Waals surface area contributed by atoms with E-state index in [1.54, 1.807) is 18.2 Å². The van der Waals surface area contributed by atoms with Gasteiger partial charge in [0, 0.05) is 5.69 Å².